The van der Waals surface area contributed by atoms with Crippen molar-refractivity contribution in [2.75, 3.05) is 63.6 Å². The molecule has 43 heavy (non-hydrogen) atoms. The van der Waals surface area contributed by atoms with Gasteiger partial charge in [0.05, 0.1) is 29.0 Å². The second-order valence-corrected chi connectivity index (χ2v) is 12.2. The summed E-state index contributed by atoms with van der Waals surface area (Å²) in [6, 6.07) is 10.1. The van der Waals surface area contributed by atoms with Crippen LogP contribution < -0.4 is 10.2 Å². The first-order chi connectivity index (χ1) is 20.8. The predicted molar refractivity (Wildman–Crippen MR) is 170 cm³/mol. The van der Waals surface area contributed by atoms with Gasteiger partial charge in [0, 0.05) is 81.1 Å². The molecule has 4 aromatic rings. The van der Waals surface area contributed by atoms with Crippen LogP contribution in [-0.4, -0.2) is 105 Å². The Kier molecular flexibility index (Phi) is 8.47. The number of carbonyl (C=O) groups is 1. The molecule has 2 aliphatic rings. The quantitative estimate of drug-likeness (QED) is 0.323. The van der Waals surface area contributed by atoms with Crippen molar-refractivity contribution in [3.63, 3.8) is 0 Å². The van der Waals surface area contributed by atoms with Crippen LogP contribution in [0.5, 0.6) is 0 Å². The molecule has 0 bridgehead atoms. The van der Waals surface area contributed by atoms with Gasteiger partial charge in [-0.15, -0.1) is 0 Å². The maximum atomic E-state index is 13.6. The summed E-state index contributed by atoms with van der Waals surface area (Å²) in [5, 5.41) is 17.7. The summed E-state index contributed by atoms with van der Waals surface area (Å²) in [7, 11) is 6.13. The zero-order chi connectivity index (χ0) is 30.1. The van der Waals surface area contributed by atoms with Crippen molar-refractivity contribution in [3.05, 3.63) is 54.0 Å². The molecule has 0 radical (unpaired) electrons. The largest absolute Gasteiger partial charge is 0.393 e. The van der Waals surface area contributed by atoms with Crippen LogP contribution in [0.2, 0.25) is 0 Å². The van der Waals surface area contributed by atoms with Crippen molar-refractivity contribution >= 4 is 28.6 Å². The van der Waals surface area contributed by atoms with Gasteiger partial charge in [0.25, 0.3) is 5.91 Å². The average molecular weight is 586 g/mol. The third kappa shape index (κ3) is 6.29. The lowest BCUT2D eigenvalue weighted by molar-refractivity contribution is 0.102. The van der Waals surface area contributed by atoms with Crippen LogP contribution in [0.4, 0.5) is 11.6 Å². The Morgan fingerprint density at radius 1 is 1.07 bits per heavy atom. The zero-order valence-electron chi connectivity index (χ0n) is 25.7. The fourth-order valence-electron chi connectivity index (χ4n) is 6.27. The number of piperazine rings is 1. The van der Waals surface area contributed by atoms with E-state index in [0.717, 1.165) is 87.2 Å². The van der Waals surface area contributed by atoms with E-state index >= 15 is 0 Å². The number of nitrogens with zero attached hydrogens (tertiary/aromatic N) is 8. The number of rotatable bonds is 8. The molecule has 1 aliphatic carbocycles. The van der Waals surface area contributed by atoms with E-state index in [4.69, 9.17) is 4.98 Å². The van der Waals surface area contributed by atoms with Gasteiger partial charge in [0.15, 0.2) is 0 Å². The summed E-state index contributed by atoms with van der Waals surface area (Å²) >= 11 is 0. The van der Waals surface area contributed by atoms with E-state index in [1.54, 1.807) is 29.2 Å². The number of aliphatic hydroxyl groups excluding tert-OH is 1. The summed E-state index contributed by atoms with van der Waals surface area (Å²) in [6.45, 7) is 8.18. The molecule has 0 spiro atoms. The summed E-state index contributed by atoms with van der Waals surface area (Å²) < 4.78 is 4.00. The van der Waals surface area contributed by atoms with Crippen LogP contribution in [0.15, 0.2) is 42.7 Å². The van der Waals surface area contributed by atoms with E-state index in [-0.39, 0.29) is 18.1 Å². The summed E-state index contributed by atoms with van der Waals surface area (Å²) in [4.78, 5) is 30.2. The molecule has 3 aromatic heterocycles. The van der Waals surface area contributed by atoms with E-state index in [9.17, 15) is 9.90 Å². The minimum Gasteiger partial charge on any atom is -0.393 e. The van der Waals surface area contributed by atoms with Crippen molar-refractivity contribution in [3.8, 4) is 11.3 Å². The van der Waals surface area contributed by atoms with E-state index < -0.39 is 0 Å². The molecule has 1 amide bonds. The molecule has 228 valence electrons. The Balaban J connectivity index is 1.27. The maximum absolute atomic E-state index is 13.6. The Hall–Kier alpha value is -3.80. The first-order valence-electron chi connectivity index (χ1n) is 15.4. The molecular formula is C32H43N9O2. The average Bonchev–Trinajstić information content (AvgIpc) is 3.54. The minimum absolute atomic E-state index is 0.146. The lowest BCUT2D eigenvalue weighted by Gasteiger charge is -2.36. The van der Waals surface area contributed by atoms with Gasteiger partial charge in [-0.25, -0.2) is 4.98 Å². The van der Waals surface area contributed by atoms with Gasteiger partial charge in [-0.3, -0.25) is 24.7 Å². The number of benzene rings is 1. The summed E-state index contributed by atoms with van der Waals surface area (Å²) in [5.74, 6) is 0.314. The minimum atomic E-state index is -0.269. The molecule has 0 atom stereocenters. The van der Waals surface area contributed by atoms with Gasteiger partial charge >= 0.3 is 0 Å². The third-order valence-corrected chi connectivity index (χ3v) is 9.06. The van der Waals surface area contributed by atoms with Gasteiger partial charge in [-0.1, -0.05) is 0 Å². The number of aryl methyl sites for hydroxylation is 1. The Morgan fingerprint density at radius 3 is 2.53 bits per heavy atom. The molecule has 1 aromatic carbocycles. The van der Waals surface area contributed by atoms with Gasteiger partial charge in [-0.05, 0) is 77.0 Å². The number of imidazole rings is 1. The van der Waals surface area contributed by atoms with E-state index in [2.05, 4.69) is 67.0 Å². The lowest BCUT2D eigenvalue weighted by Crippen LogP contribution is -2.48. The molecule has 4 heterocycles. The van der Waals surface area contributed by atoms with E-state index in [1.165, 1.54) is 5.69 Å². The molecule has 11 heteroatoms. The second kappa shape index (κ2) is 12.4. The number of hydrogen-bond acceptors (Lipinski definition) is 8. The van der Waals surface area contributed by atoms with Crippen LogP contribution >= 0.6 is 0 Å². The molecule has 1 saturated carbocycles. The number of fused-ring (bicyclic) bond motifs is 1. The van der Waals surface area contributed by atoms with Crippen molar-refractivity contribution in [2.45, 2.75) is 44.8 Å². The molecule has 2 N–H and O–H groups in total. The molecule has 0 unspecified atom stereocenters. The van der Waals surface area contributed by atoms with Gasteiger partial charge < -0.3 is 19.5 Å². The summed E-state index contributed by atoms with van der Waals surface area (Å²) in [5.41, 5.74) is 6.16. The van der Waals surface area contributed by atoms with Gasteiger partial charge in [0.2, 0.25) is 5.95 Å². The SMILES string of the molecule is Cc1c(-c2cc(C(=O)Nc3nc4ccc(N5CCN(CCN(C)C)CC5)cc4n3C3CCC(O)CC3)ccn2)cnn1C. The van der Waals surface area contributed by atoms with Crippen molar-refractivity contribution in [2.24, 2.45) is 7.05 Å². The Bertz CT molecular complexity index is 1580. The lowest BCUT2D eigenvalue weighted by atomic mass is 9.93. The molecule has 6 rings (SSSR count). The fourth-order valence-corrected chi connectivity index (χ4v) is 6.27. The van der Waals surface area contributed by atoms with Crippen LogP contribution in [0, 0.1) is 6.92 Å². The third-order valence-electron chi connectivity index (χ3n) is 9.06. The smallest absolute Gasteiger partial charge is 0.258 e. The first-order valence-corrected chi connectivity index (χ1v) is 15.4. The predicted octanol–water partition coefficient (Wildman–Crippen LogP) is 3.55. The van der Waals surface area contributed by atoms with Crippen LogP contribution in [0.1, 0.15) is 47.8 Å². The molecule has 1 saturated heterocycles. The normalized spacial score (nSPS) is 19.8. The van der Waals surface area contributed by atoms with Crippen molar-refractivity contribution in [1.29, 1.82) is 0 Å². The van der Waals surface area contributed by atoms with Crippen molar-refractivity contribution < 1.29 is 9.90 Å². The highest BCUT2D eigenvalue weighted by Gasteiger charge is 2.27. The van der Waals surface area contributed by atoms with Crippen LogP contribution in [0.25, 0.3) is 22.3 Å². The standard InChI is InChI=1S/C32H43N9O2/c1-22-27(21-34-38(22)4)29-19-23(11-12-33-29)31(43)36-32-35-28-10-7-25(40-17-15-39(16-18-40)14-13-37(2)3)20-30(28)41(32)24-5-8-26(42)9-6-24/h7,10-12,19-21,24,26,42H,5-6,8-9,13-18H2,1-4H3,(H,35,36,43). The van der Waals surface area contributed by atoms with Gasteiger partial charge in [0.1, 0.15) is 0 Å². The van der Waals surface area contributed by atoms with Crippen LogP contribution in [-0.2, 0) is 7.05 Å². The van der Waals surface area contributed by atoms with E-state index in [0.29, 0.717) is 17.2 Å². The highest BCUT2D eigenvalue weighted by atomic mass is 16.3. The fraction of sp³-hybridized carbons (Fsp3) is 0.500. The highest BCUT2D eigenvalue weighted by molar-refractivity contribution is 6.04. The first kappa shape index (κ1) is 29.3. The zero-order valence-corrected chi connectivity index (χ0v) is 25.7. The van der Waals surface area contributed by atoms with Crippen LogP contribution in [0.3, 0.4) is 0 Å². The van der Waals surface area contributed by atoms with E-state index in [1.807, 2.05) is 14.0 Å². The number of hydrogen-bond donors (Lipinski definition) is 2. The number of carbonyl (C=O) groups excluding carboxylic acids is 1. The Morgan fingerprint density at radius 2 is 1.84 bits per heavy atom. The number of pyridine rings is 1. The number of aliphatic hydroxyl groups is 1. The molecule has 2 fully saturated rings. The second-order valence-electron chi connectivity index (χ2n) is 12.2. The highest BCUT2D eigenvalue weighted by Crippen LogP contribution is 2.36. The summed E-state index contributed by atoms with van der Waals surface area (Å²) in [6.07, 6.45) is 6.32. The number of likely N-dealkylation sites (N-methyl/N-ethyl adjacent to an activating group) is 1. The number of anilines is 2. The van der Waals surface area contributed by atoms with Gasteiger partial charge in [-0.2, -0.15) is 5.10 Å². The monoisotopic (exact) mass is 585 g/mol. The number of amides is 1. The molecule has 11 nitrogen and oxygen atoms in total. The molecule has 1 aliphatic heterocycles. The Labute approximate surface area is 253 Å². The number of nitrogens with one attached hydrogen (secondary N) is 1. The number of aromatic nitrogens is 5. The topological polar surface area (TPSA) is 108 Å². The molecular weight excluding hydrogens is 542 g/mol. The van der Waals surface area contributed by atoms with Crippen molar-refractivity contribution in [1.82, 2.24) is 34.1 Å². The maximum Gasteiger partial charge on any atom is 0.258 e.